The fourth-order valence-corrected chi connectivity index (χ4v) is 2.64. The lowest BCUT2D eigenvalue weighted by Crippen LogP contribution is -2.56. The second-order valence-corrected chi connectivity index (χ2v) is 5.31. The number of amides is 1. The van der Waals surface area contributed by atoms with Crippen molar-refractivity contribution in [3.8, 4) is 0 Å². The number of rotatable bonds is 3. The van der Waals surface area contributed by atoms with Crippen LogP contribution in [0.15, 0.2) is 22.7 Å². The molecule has 1 aliphatic heterocycles. The summed E-state index contributed by atoms with van der Waals surface area (Å²) in [4.78, 5) is 13.9. The number of halogens is 2. The van der Waals surface area contributed by atoms with Gasteiger partial charge in [-0.25, -0.2) is 4.39 Å². The molecule has 1 aliphatic rings. The highest BCUT2D eigenvalue weighted by atomic mass is 79.9. The van der Waals surface area contributed by atoms with Crippen LogP contribution in [0.3, 0.4) is 0 Å². The molecule has 1 amide bonds. The highest BCUT2D eigenvalue weighted by molar-refractivity contribution is 9.10. The summed E-state index contributed by atoms with van der Waals surface area (Å²) in [6, 6.07) is 4.76. The van der Waals surface area contributed by atoms with Gasteiger partial charge in [0.25, 0.3) is 0 Å². The maximum atomic E-state index is 13.5. The lowest BCUT2D eigenvalue weighted by Gasteiger charge is -2.35. The third kappa shape index (κ3) is 3.32. The summed E-state index contributed by atoms with van der Waals surface area (Å²) in [6.07, 6.45) is 0. The molecular weight excluding hydrogens is 313 g/mol. The first-order valence-corrected chi connectivity index (χ1v) is 7.02. The SMILES string of the molecule is CNC(=O)C1CNCCN1Cc1cccc(F)c1Br. The minimum Gasteiger partial charge on any atom is -0.358 e. The van der Waals surface area contributed by atoms with Crippen LogP contribution in [0, 0.1) is 5.82 Å². The zero-order valence-electron chi connectivity index (χ0n) is 10.7. The van der Waals surface area contributed by atoms with E-state index in [1.165, 1.54) is 6.07 Å². The van der Waals surface area contributed by atoms with E-state index in [0.717, 1.165) is 18.7 Å². The molecule has 0 saturated carbocycles. The molecule has 0 aromatic heterocycles. The quantitative estimate of drug-likeness (QED) is 0.873. The standard InChI is InChI=1S/C13H17BrFN3O/c1-16-13(19)11-7-17-5-6-18(11)8-9-3-2-4-10(15)12(9)14/h2-4,11,17H,5-8H2,1H3,(H,16,19). The summed E-state index contributed by atoms with van der Waals surface area (Å²) in [7, 11) is 1.63. The molecule has 104 valence electrons. The van der Waals surface area contributed by atoms with E-state index in [2.05, 4.69) is 31.5 Å². The Morgan fingerprint density at radius 3 is 3.16 bits per heavy atom. The summed E-state index contributed by atoms with van der Waals surface area (Å²) < 4.78 is 14.0. The van der Waals surface area contributed by atoms with Gasteiger partial charge in [0, 0.05) is 33.2 Å². The van der Waals surface area contributed by atoms with E-state index in [4.69, 9.17) is 0 Å². The number of nitrogens with one attached hydrogen (secondary N) is 2. The van der Waals surface area contributed by atoms with Crippen LogP contribution in [0.4, 0.5) is 4.39 Å². The molecular formula is C13H17BrFN3O. The van der Waals surface area contributed by atoms with E-state index in [-0.39, 0.29) is 17.8 Å². The topological polar surface area (TPSA) is 44.4 Å². The zero-order valence-corrected chi connectivity index (χ0v) is 12.3. The predicted octanol–water partition coefficient (Wildman–Crippen LogP) is 1.11. The van der Waals surface area contributed by atoms with Gasteiger partial charge in [0.2, 0.25) is 5.91 Å². The molecule has 0 radical (unpaired) electrons. The maximum absolute atomic E-state index is 13.5. The van der Waals surface area contributed by atoms with Gasteiger partial charge in [-0.15, -0.1) is 0 Å². The summed E-state index contributed by atoms with van der Waals surface area (Å²) in [5, 5.41) is 5.87. The van der Waals surface area contributed by atoms with Crippen molar-refractivity contribution in [1.29, 1.82) is 0 Å². The highest BCUT2D eigenvalue weighted by Crippen LogP contribution is 2.22. The number of likely N-dealkylation sites (N-methyl/N-ethyl adjacent to an activating group) is 1. The number of hydrogen-bond donors (Lipinski definition) is 2. The van der Waals surface area contributed by atoms with Crippen LogP contribution in [0.25, 0.3) is 0 Å². The van der Waals surface area contributed by atoms with Gasteiger partial charge in [0.05, 0.1) is 4.47 Å². The van der Waals surface area contributed by atoms with Crippen molar-refractivity contribution in [2.24, 2.45) is 0 Å². The first-order valence-electron chi connectivity index (χ1n) is 6.22. The zero-order chi connectivity index (χ0) is 13.8. The number of piperazine rings is 1. The van der Waals surface area contributed by atoms with E-state index in [1.54, 1.807) is 13.1 Å². The Hall–Kier alpha value is -0.980. The molecule has 6 heteroatoms. The van der Waals surface area contributed by atoms with Crippen LogP contribution in [0.2, 0.25) is 0 Å². The summed E-state index contributed by atoms with van der Waals surface area (Å²) >= 11 is 3.26. The van der Waals surface area contributed by atoms with Crippen LogP contribution >= 0.6 is 15.9 Å². The predicted molar refractivity (Wildman–Crippen MR) is 75.2 cm³/mol. The Morgan fingerprint density at radius 1 is 1.63 bits per heavy atom. The number of hydrogen-bond acceptors (Lipinski definition) is 3. The van der Waals surface area contributed by atoms with Crippen LogP contribution in [0.1, 0.15) is 5.56 Å². The third-order valence-corrected chi connectivity index (χ3v) is 4.20. The number of nitrogens with zero attached hydrogens (tertiary/aromatic N) is 1. The van der Waals surface area contributed by atoms with Gasteiger partial charge in [-0.05, 0) is 27.6 Å². The molecule has 1 fully saturated rings. The molecule has 19 heavy (non-hydrogen) atoms. The Kier molecular flexibility index (Phi) is 4.90. The molecule has 4 nitrogen and oxygen atoms in total. The van der Waals surface area contributed by atoms with Crippen molar-refractivity contribution < 1.29 is 9.18 Å². The Morgan fingerprint density at radius 2 is 2.42 bits per heavy atom. The molecule has 0 spiro atoms. The van der Waals surface area contributed by atoms with Crippen LogP contribution in [-0.2, 0) is 11.3 Å². The summed E-state index contributed by atoms with van der Waals surface area (Å²) in [5.41, 5.74) is 0.857. The smallest absolute Gasteiger partial charge is 0.238 e. The molecule has 0 aliphatic carbocycles. The normalized spacial score (nSPS) is 20.3. The van der Waals surface area contributed by atoms with Gasteiger partial charge in [-0.1, -0.05) is 12.1 Å². The second-order valence-electron chi connectivity index (χ2n) is 4.52. The Balaban J connectivity index is 2.15. The minimum atomic E-state index is -0.274. The van der Waals surface area contributed by atoms with Crippen molar-refractivity contribution in [3.05, 3.63) is 34.1 Å². The van der Waals surface area contributed by atoms with Crippen molar-refractivity contribution in [2.45, 2.75) is 12.6 Å². The molecule has 2 N–H and O–H groups in total. The van der Waals surface area contributed by atoms with Crippen molar-refractivity contribution in [2.75, 3.05) is 26.7 Å². The van der Waals surface area contributed by atoms with E-state index >= 15 is 0 Å². The van der Waals surface area contributed by atoms with Crippen molar-refractivity contribution in [1.82, 2.24) is 15.5 Å². The molecule has 1 saturated heterocycles. The van der Waals surface area contributed by atoms with E-state index in [1.807, 2.05) is 6.07 Å². The van der Waals surface area contributed by atoms with Gasteiger partial charge in [-0.2, -0.15) is 0 Å². The van der Waals surface area contributed by atoms with Gasteiger partial charge < -0.3 is 10.6 Å². The summed E-state index contributed by atoms with van der Waals surface area (Å²) in [5.74, 6) is -0.288. The van der Waals surface area contributed by atoms with E-state index in [0.29, 0.717) is 17.6 Å². The molecule has 2 rings (SSSR count). The second kappa shape index (κ2) is 6.45. The first-order chi connectivity index (χ1) is 9.13. The lowest BCUT2D eigenvalue weighted by atomic mass is 10.1. The minimum absolute atomic E-state index is 0.0141. The van der Waals surface area contributed by atoms with Crippen LogP contribution < -0.4 is 10.6 Å². The largest absolute Gasteiger partial charge is 0.358 e. The summed E-state index contributed by atoms with van der Waals surface area (Å²) in [6.45, 7) is 2.77. The number of carbonyl (C=O) groups is 1. The van der Waals surface area contributed by atoms with E-state index < -0.39 is 0 Å². The Labute approximate surface area is 120 Å². The third-order valence-electron chi connectivity index (χ3n) is 3.31. The highest BCUT2D eigenvalue weighted by Gasteiger charge is 2.28. The molecule has 0 bridgehead atoms. The maximum Gasteiger partial charge on any atom is 0.238 e. The molecule has 1 heterocycles. The van der Waals surface area contributed by atoms with Gasteiger partial charge in [0.15, 0.2) is 0 Å². The van der Waals surface area contributed by atoms with Gasteiger partial charge >= 0.3 is 0 Å². The van der Waals surface area contributed by atoms with Gasteiger partial charge in [-0.3, -0.25) is 9.69 Å². The van der Waals surface area contributed by atoms with Gasteiger partial charge in [0.1, 0.15) is 11.9 Å². The fourth-order valence-electron chi connectivity index (χ4n) is 2.25. The molecule has 1 atom stereocenters. The monoisotopic (exact) mass is 329 g/mol. The number of benzene rings is 1. The Bertz CT molecular complexity index is 469. The van der Waals surface area contributed by atoms with Crippen molar-refractivity contribution in [3.63, 3.8) is 0 Å². The fraction of sp³-hybridized carbons (Fsp3) is 0.462. The van der Waals surface area contributed by atoms with Crippen LogP contribution in [-0.4, -0.2) is 43.5 Å². The van der Waals surface area contributed by atoms with Crippen LogP contribution in [0.5, 0.6) is 0 Å². The average molecular weight is 330 g/mol. The average Bonchev–Trinajstić information content (AvgIpc) is 2.43. The molecule has 1 aromatic rings. The molecule has 1 aromatic carbocycles. The lowest BCUT2D eigenvalue weighted by molar-refractivity contribution is -0.126. The van der Waals surface area contributed by atoms with Crippen molar-refractivity contribution >= 4 is 21.8 Å². The first kappa shape index (κ1) is 14.4. The van der Waals surface area contributed by atoms with E-state index in [9.17, 15) is 9.18 Å². The number of carbonyl (C=O) groups excluding carboxylic acids is 1. The molecule has 1 unspecified atom stereocenters.